The Morgan fingerprint density at radius 3 is 2.00 bits per heavy atom. The largest absolute Gasteiger partial charge is 0.416 e. The first kappa shape index (κ1) is 14.9. The number of rotatable bonds is 5. The molecule has 1 atom stereocenters. The Bertz CT molecular complexity index is 361. The molecular formula is C12H16F3NO2. The summed E-state index contributed by atoms with van der Waals surface area (Å²) in [6.07, 6.45) is -4.51. The van der Waals surface area contributed by atoms with Crippen molar-refractivity contribution in [1.29, 1.82) is 0 Å². The zero-order valence-corrected chi connectivity index (χ0v) is 10.2. The van der Waals surface area contributed by atoms with Crippen molar-refractivity contribution >= 4 is 0 Å². The molecule has 0 fully saturated rings. The third-order valence-electron chi connectivity index (χ3n) is 2.57. The number of alkyl halides is 3. The second-order valence-corrected chi connectivity index (χ2v) is 3.90. The predicted molar refractivity (Wildman–Crippen MR) is 60.9 cm³/mol. The third-order valence-corrected chi connectivity index (χ3v) is 2.57. The molecule has 18 heavy (non-hydrogen) atoms. The van der Waals surface area contributed by atoms with Gasteiger partial charge in [0, 0.05) is 14.2 Å². The smallest absolute Gasteiger partial charge is 0.354 e. The van der Waals surface area contributed by atoms with E-state index in [9.17, 15) is 13.2 Å². The minimum atomic E-state index is -4.32. The van der Waals surface area contributed by atoms with Crippen LogP contribution in [0, 0.1) is 0 Å². The van der Waals surface area contributed by atoms with Gasteiger partial charge in [0.15, 0.2) is 6.29 Å². The molecule has 0 amide bonds. The second kappa shape index (κ2) is 6.17. The maximum atomic E-state index is 12.4. The number of hydrogen-bond acceptors (Lipinski definition) is 3. The first-order valence-electron chi connectivity index (χ1n) is 5.35. The molecule has 1 aromatic carbocycles. The Balaban J connectivity index is 2.69. The van der Waals surface area contributed by atoms with Crippen molar-refractivity contribution in [3.63, 3.8) is 0 Å². The molecule has 0 radical (unpaired) electrons. The number of methoxy groups -OCH3 is 2. The lowest BCUT2D eigenvalue weighted by atomic mass is 10.0. The summed E-state index contributed by atoms with van der Waals surface area (Å²) in [5.41, 5.74) is 5.85. The standard InChI is InChI=1S/C12H16F3NO2/c1-17-11(18-2)10(16)7-8-3-5-9(6-4-8)12(13,14)15/h3-6,10-11H,7,16H2,1-2H3. The van der Waals surface area contributed by atoms with E-state index in [1.165, 1.54) is 26.4 Å². The van der Waals surface area contributed by atoms with Crippen molar-refractivity contribution < 1.29 is 22.6 Å². The summed E-state index contributed by atoms with van der Waals surface area (Å²) in [5, 5.41) is 0. The molecule has 0 aliphatic carbocycles. The number of nitrogens with two attached hydrogens (primary N) is 1. The predicted octanol–water partition coefficient (Wildman–Crippen LogP) is 2.19. The highest BCUT2D eigenvalue weighted by molar-refractivity contribution is 5.25. The van der Waals surface area contributed by atoms with Crippen LogP contribution in [0.15, 0.2) is 24.3 Å². The van der Waals surface area contributed by atoms with E-state index >= 15 is 0 Å². The molecule has 102 valence electrons. The van der Waals surface area contributed by atoms with Crippen molar-refractivity contribution in [1.82, 2.24) is 0 Å². The Kier molecular flexibility index (Phi) is 5.13. The van der Waals surface area contributed by atoms with Crippen LogP contribution in [-0.2, 0) is 22.1 Å². The second-order valence-electron chi connectivity index (χ2n) is 3.90. The van der Waals surface area contributed by atoms with Gasteiger partial charge in [-0.1, -0.05) is 12.1 Å². The van der Waals surface area contributed by atoms with Gasteiger partial charge in [-0.05, 0) is 24.1 Å². The average Bonchev–Trinajstić information content (AvgIpc) is 2.30. The fourth-order valence-electron chi connectivity index (χ4n) is 1.64. The molecule has 0 aliphatic heterocycles. The highest BCUT2D eigenvalue weighted by Crippen LogP contribution is 2.29. The van der Waals surface area contributed by atoms with Crippen LogP contribution in [0.1, 0.15) is 11.1 Å². The zero-order valence-electron chi connectivity index (χ0n) is 10.2. The summed E-state index contributed by atoms with van der Waals surface area (Å²) in [6, 6.07) is 4.46. The van der Waals surface area contributed by atoms with Crippen LogP contribution in [0.2, 0.25) is 0 Å². The maximum Gasteiger partial charge on any atom is 0.416 e. The van der Waals surface area contributed by atoms with E-state index in [0.717, 1.165) is 12.1 Å². The topological polar surface area (TPSA) is 44.5 Å². The third kappa shape index (κ3) is 3.97. The molecule has 6 heteroatoms. The highest BCUT2D eigenvalue weighted by atomic mass is 19.4. The van der Waals surface area contributed by atoms with Crippen LogP contribution < -0.4 is 5.73 Å². The minimum Gasteiger partial charge on any atom is -0.354 e. The van der Waals surface area contributed by atoms with E-state index in [1.807, 2.05) is 0 Å². The SMILES string of the molecule is COC(OC)C(N)Cc1ccc(C(F)(F)F)cc1. The molecule has 0 heterocycles. The lowest BCUT2D eigenvalue weighted by Crippen LogP contribution is -2.39. The van der Waals surface area contributed by atoms with Crippen LogP contribution in [0.3, 0.4) is 0 Å². The quantitative estimate of drug-likeness (QED) is 0.828. The molecule has 0 saturated heterocycles. The van der Waals surface area contributed by atoms with Gasteiger partial charge in [0.1, 0.15) is 0 Å². The molecular weight excluding hydrogens is 247 g/mol. The van der Waals surface area contributed by atoms with Crippen molar-refractivity contribution in [2.45, 2.75) is 24.9 Å². The van der Waals surface area contributed by atoms with Crippen LogP contribution in [-0.4, -0.2) is 26.6 Å². The molecule has 1 rings (SSSR count). The van der Waals surface area contributed by atoms with E-state index in [4.69, 9.17) is 15.2 Å². The van der Waals surface area contributed by atoms with E-state index in [0.29, 0.717) is 12.0 Å². The number of hydrogen-bond donors (Lipinski definition) is 1. The molecule has 0 aliphatic rings. The Morgan fingerprint density at radius 1 is 1.11 bits per heavy atom. The van der Waals surface area contributed by atoms with E-state index in [2.05, 4.69) is 0 Å². The van der Waals surface area contributed by atoms with Gasteiger partial charge in [-0.15, -0.1) is 0 Å². The molecule has 0 spiro atoms. The molecule has 1 unspecified atom stereocenters. The number of halogens is 3. The van der Waals surface area contributed by atoms with Gasteiger partial charge in [-0.25, -0.2) is 0 Å². The Morgan fingerprint density at radius 2 is 1.61 bits per heavy atom. The van der Waals surface area contributed by atoms with Gasteiger partial charge < -0.3 is 15.2 Å². The van der Waals surface area contributed by atoms with Gasteiger partial charge in [-0.3, -0.25) is 0 Å². The fraction of sp³-hybridized carbons (Fsp3) is 0.500. The van der Waals surface area contributed by atoms with Gasteiger partial charge >= 0.3 is 6.18 Å². The van der Waals surface area contributed by atoms with Crippen LogP contribution in [0.25, 0.3) is 0 Å². The fourth-order valence-corrected chi connectivity index (χ4v) is 1.64. The van der Waals surface area contributed by atoms with Crippen molar-refractivity contribution in [3.05, 3.63) is 35.4 Å². The molecule has 1 aromatic rings. The van der Waals surface area contributed by atoms with Gasteiger partial charge in [0.2, 0.25) is 0 Å². The van der Waals surface area contributed by atoms with Gasteiger partial charge in [-0.2, -0.15) is 13.2 Å². The van der Waals surface area contributed by atoms with Crippen molar-refractivity contribution in [2.75, 3.05) is 14.2 Å². The van der Waals surface area contributed by atoms with Crippen LogP contribution >= 0.6 is 0 Å². The van der Waals surface area contributed by atoms with Gasteiger partial charge in [0.05, 0.1) is 11.6 Å². The van der Waals surface area contributed by atoms with Crippen molar-refractivity contribution in [2.24, 2.45) is 5.73 Å². The lowest BCUT2D eigenvalue weighted by molar-refractivity contribution is -0.137. The maximum absolute atomic E-state index is 12.4. The van der Waals surface area contributed by atoms with E-state index in [1.54, 1.807) is 0 Å². The van der Waals surface area contributed by atoms with E-state index in [-0.39, 0.29) is 0 Å². The Labute approximate surface area is 104 Å². The monoisotopic (exact) mass is 263 g/mol. The molecule has 2 N–H and O–H groups in total. The highest BCUT2D eigenvalue weighted by Gasteiger charge is 2.30. The number of benzene rings is 1. The zero-order chi connectivity index (χ0) is 13.8. The van der Waals surface area contributed by atoms with Crippen LogP contribution in [0.5, 0.6) is 0 Å². The molecule has 0 bridgehead atoms. The summed E-state index contributed by atoms with van der Waals surface area (Å²) in [5.74, 6) is 0. The summed E-state index contributed by atoms with van der Waals surface area (Å²) in [4.78, 5) is 0. The molecule has 0 saturated carbocycles. The lowest BCUT2D eigenvalue weighted by Gasteiger charge is -2.21. The summed E-state index contributed by atoms with van der Waals surface area (Å²) in [7, 11) is 2.92. The van der Waals surface area contributed by atoms with Crippen molar-refractivity contribution in [3.8, 4) is 0 Å². The van der Waals surface area contributed by atoms with Gasteiger partial charge in [0.25, 0.3) is 0 Å². The minimum absolute atomic E-state index is 0.379. The summed E-state index contributed by atoms with van der Waals surface area (Å²) < 4.78 is 47.0. The average molecular weight is 263 g/mol. The first-order valence-corrected chi connectivity index (χ1v) is 5.35. The number of ether oxygens (including phenoxy) is 2. The summed E-state index contributed by atoms with van der Waals surface area (Å²) >= 11 is 0. The first-order chi connectivity index (χ1) is 8.38. The molecule has 3 nitrogen and oxygen atoms in total. The summed E-state index contributed by atoms with van der Waals surface area (Å²) in [6.45, 7) is 0. The normalized spacial score (nSPS) is 13.9. The molecule has 0 aromatic heterocycles. The van der Waals surface area contributed by atoms with Crippen LogP contribution in [0.4, 0.5) is 13.2 Å². The van der Waals surface area contributed by atoms with E-state index < -0.39 is 24.1 Å². The Hall–Kier alpha value is -1.11.